The van der Waals surface area contributed by atoms with Crippen molar-refractivity contribution in [3.8, 4) is 0 Å². The number of aryl methyl sites for hydroxylation is 1. The number of nitrogens with one attached hydrogen (secondary N) is 1. The Hall–Kier alpha value is -4.46. The second-order valence-electron chi connectivity index (χ2n) is 9.72. The van der Waals surface area contributed by atoms with Crippen molar-refractivity contribution in [2.75, 3.05) is 18.4 Å². The third-order valence-corrected chi connectivity index (χ3v) is 6.76. The second kappa shape index (κ2) is 13.6. The van der Waals surface area contributed by atoms with E-state index in [9.17, 15) is 18.8 Å². The Labute approximate surface area is 233 Å². The average molecular weight is 544 g/mol. The first-order valence-corrected chi connectivity index (χ1v) is 13.5. The summed E-state index contributed by atoms with van der Waals surface area (Å²) in [5.74, 6) is -0.726. The van der Waals surface area contributed by atoms with Gasteiger partial charge in [-0.1, -0.05) is 56.7 Å². The van der Waals surface area contributed by atoms with Gasteiger partial charge in [0.05, 0.1) is 23.8 Å². The van der Waals surface area contributed by atoms with Crippen LogP contribution in [-0.2, 0) is 24.3 Å². The van der Waals surface area contributed by atoms with Gasteiger partial charge < -0.3 is 19.5 Å². The maximum Gasteiger partial charge on any atom is 0.322 e. The Balaban J connectivity index is 1.57. The molecule has 0 atom stereocenters. The van der Waals surface area contributed by atoms with Crippen molar-refractivity contribution in [3.05, 3.63) is 112 Å². The molecule has 0 saturated carbocycles. The van der Waals surface area contributed by atoms with Crippen LogP contribution < -0.4 is 10.7 Å². The number of urea groups is 1. The molecule has 4 rings (SSSR count). The first kappa shape index (κ1) is 28.5. The molecule has 0 bridgehead atoms. The molecule has 4 aromatic rings. The highest BCUT2D eigenvalue weighted by molar-refractivity contribution is 5.92. The van der Waals surface area contributed by atoms with Crippen molar-refractivity contribution >= 4 is 28.6 Å². The fourth-order valence-corrected chi connectivity index (χ4v) is 4.37. The summed E-state index contributed by atoms with van der Waals surface area (Å²) in [4.78, 5) is 43.1. The van der Waals surface area contributed by atoms with Gasteiger partial charge in [0.25, 0.3) is 0 Å². The second-order valence-corrected chi connectivity index (χ2v) is 9.72. The largest absolute Gasteiger partial charge is 0.464 e. The lowest BCUT2D eigenvalue weighted by molar-refractivity contribution is -0.133. The lowest BCUT2D eigenvalue weighted by Gasteiger charge is -2.28. The summed E-state index contributed by atoms with van der Waals surface area (Å²) in [6.07, 6.45) is 3.84. The normalized spacial score (nSPS) is 10.9. The molecular weight excluding hydrogens is 509 g/mol. The Morgan fingerprint density at radius 2 is 1.57 bits per heavy atom. The number of rotatable bonds is 11. The van der Waals surface area contributed by atoms with Crippen LogP contribution in [-0.4, -0.2) is 34.8 Å². The molecule has 3 amide bonds. The standard InChI is InChI=1S/C32H34FN3O4/c1-3-5-18-35(32(39)34-27-16-12-23(4-2)13-17-27)21-30(37)36(19-24-10-14-26(33)15-11-24)20-25-22-40-29-9-7-6-8-28(29)31(25)38/h6-17,22H,3-5,18-21H2,1-2H3,(H,34,39). The topological polar surface area (TPSA) is 82.9 Å². The maximum absolute atomic E-state index is 13.7. The summed E-state index contributed by atoms with van der Waals surface area (Å²) in [5.41, 5.74) is 3.05. The Kier molecular flexibility index (Phi) is 9.67. The van der Waals surface area contributed by atoms with Crippen molar-refractivity contribution in [1.29, 1.82) is 0 Å². The molecule has 0 unspecified atom stereocenters. The summed E-state index contributed by atoms with van der Waals surface area (Å²) in [7, 11) is 0. The number of hydrogen-bond acceptors (Lipinski definition) is 4. The minimum atomic E-state index is -0.383. The van der Waals surface area contributed by atoms with Crippen LogP contribution in [0.2, 0.25) is 0 Å². The molecule has 0 fully saturated rings. The molecule has 40 heavy (non-hydrogen) atoms. The molecular formula is C32H34FN3O4. The van der Waals surface area contributed by atoms with E-state index in [2.05, 4.69) is 12.2 Å². The number of amides is 3. The van der Waals surface area contributed by atoms with Crippen LogP contribution in [0.1, 0.15) is 43.4 Å². The van der Waals surface area contributed by atoms with Crippen LogP contribution in [0.4, 0.5) is 14.9 Å². The highest BCUT2D eigenvalue weighted by Gasteiger charge is 2.23. The average Bonchev–Trinajstić information content (AvgIpc) is 2.97. The van der Waals surface area contributed by atoms with Gasteiger partial charge in [-0.05, 0) is 60.4 Å². The molecule has 208 valence electrons. The summed E-state index contributed by atoms with van der Waals surface area (Å²) in [6.45, 7) is 4.40. The number of unbranched alkanes of at least 4 members (excludes halogenated alkanes) is 1. The lowest BCUT2D eigenvalue weighted by Crippen LogP contribution is -2.44. The van der Waals surface area contributed by atoms with Crippen LogP contribution in [0.15, 0.2) is 88.3 Å². The highest BCUT2D eigenvalue weighted by Crippen LogP contribution is 2.16. The fourth-order valence-electron chi connectivity index (χ4n) is 4.37. The van der Waals surface area contributed by atoms with E-state index in [0.29, 0.717) is 34.3 Å². The molecule has 8 heteroatoms. The predicted octanol–water partition coefficient (Wildman–Crippen LogP) is 6.36. The zero-order valence-corrected chi connectivity index (χ0v) is 22.9. The summed E-state index contributed by atoms with van der Waals surface area (Å²) < 4.78 is 19.2. The quantitative estimate of drug-likeness (QED) is 0.239. The number of halogens is 1. The Morgan fingerprint density at radius 3 is 2.27 bits per heavy atom. The van der Waals surface area contributed by atoms with Crippen molar-refractivity contribution in [3.63, 3.8) is 0 Å². The van der Waals surface area contributed by atoms with Gasteiger partial charge in [0.15, 0.2) is 5.43 Å². The van der Waals surface area contributed by atoms with Crippen LogP contribution in [0, 0.1) is 5.82 Å². The monoisotopic (exact) mass is 543 g/mol. The maximum atomic E-state index is 13.7. The molecule has 1 heterocycles. The van der Waals surface area contributed by atoms with E-state index in [4.69, 9.17) is 4.42 Å². The van der Waals surface area contributed by atoms with Gasteiger partial charge in [0, 0.05) is 18.8 Å². The van der Waals surface area contributed by atoms with Gasteiger partial charge in [-0.2, -0.15) is 0 Å². The van der Waals surface area contributed by atoms with Gasteiger partial charge in [0.2, 0.25) is 5.91 Å². The van der Waals surface area contributed by atoms with E-state index < -0.39 is 0 Å². The number of benzene rings is 3. The van der Waals surface area contributed by atoms with E-state index in [1.54, 1.807) is 36.4 Å². The summed E-state index contributed by atoms with van der Waals surface area (Å²) in [5, 5.41) is 3.31. The zero-order chi connectivity index (χ0) is 28.5. The van der Waals surface area contributed by atoms with Crippen molar-refractivity contribution in [2.24, 2.45) is 0 Å². The third kappa shape index (κ3) is 7.34. The summed E-state index contributed by atoms with van der Waals surface area (Å²) in [6, 6.07) is 20.0. The molecule has 0 radical (unpaired) electrons. The van der Waals surface area contributed by atoms with E-state index in [1.807, 2.05) is 31.2 Å². The van der Waals surface area contributed by atoms with Crippen LogP contribution in [0.25, 0.3) is 11.0 Å². The van der Waals surface area contributed by atoms with Gasteiger partial charge in [-0.3, -0.25) is 9.59 Å². The number of carbonyl (C=O) groups excluding carboxylic acids is 2. The first-order valence-electron chi connectivity index (χ1n) is 13.5. The van der Waals surface area contributed by atoms with Gasteiger partial charge in [-0.25, -0.2) is 9.18 Å². The van der Waals surface area contributed by atoms with Crippen molar-refractivity contribution in [1.82, 2.24) is 9.80 Å². The molecule has 0 saturated heterocycles. The van der Waals surface area contributed by atoms with E-state index in [0.717, 1.165) is 24.8 Å². The first-order chi connectivity index (χ1) is 19.4. The molecule has 1 aromatic heterocycles. The van der Waals surface area contributed by atoms with Gasteiger partial charge >= 0.3 is 6.03 Å². The smallest absolute Gasteiger partial charge is 0.322 e. The van der Waals surface area contributed by atoms with E-state index in [-0.39, 0.29) is 42.8 Å². The van der Waals surface area contributed by atoms with Gasteiger partial charge in [-0.15, -0.1) is 0 Å². The number of para-hydroxylation sites is 1. The number of fused-ring (bicyclic) bond motifs is 1. The zero-order valence-electron chi connectivity index (χ0n) is 22.9. The number of anilines is 1. The van der Waals surface area contributed by atoms with Gasteiger partial charge in [0.1, 0.15) is 17.9 Å². The minimum absolute atomic E-state index is 0.0227. The molecule has 0 aliphatic rings. The van der Waals surface area contributed by atoms with Crippen LogP contribution in [0.5, 0.6) is 0 Å². The molecule has 1 N–H and O–H groups in total. The minimum Gasteiger partial charge on any atom is -0.464 e. The lowest BCUT2D eigenvalue weighted by atomic mass is 10.1. The SMILES string of the molecule is CCCCN(CC(=O)N(Cc1ccc(F)cc1)Cc1coc2ccccc2c1=O)C(=O)Nc1ccc(CC)cc1. The molecule has 0 spiro atoms. The van der Waals surface area contributed by atoms with Crippen LogP contribution in [0.3, 0.4) is 0 Å². The fraction of sp³-hybridized carbons (Fsp3) is 0.281. The number of carbonyl (C=O) groups is 2. The third-order valence-electron chi connectivity index (χ3n) is 6.76. The molecule has 0 aliphatic heterocycles. The van der Waals surface area contributed by atoms with E-state index >= 15 is 0 Å². The Bertz CT molecular complexity index is 1500. The van der Waals surface area contributed by atoms with E-state index in [1.165, 1.54) is 28.2 Å². The summed E-state index contributed by atoms with van der Waals surface area (Å²) >= 11 is 0. The van der Waals surface area contributed by atoms with Crippen molar-refractivity contribution in [2.45, 2.75) is 46.2 Å². The predicted molar refractivity (Wildman–Crippen MR) is 154 cm³/mol. The molecule has 7 nitrogen and oxygen atoms in total. The highest BCUT2D eigenvalue weighted by atomic mass is 19.1. The van der Waals surface area contributed by atoms with Crippen molar-refractivity contribution < 1.29 is 18.4 Å². The molecule has 3 aromatic carbocycles. The number of nitrogens with zero attached hydrogens (tertiary/aromatic N) is 2. The number of hydrogen-bond donors (Lipinski definition) is 1. The Morgan fingerprint density at radius 1 is 0.875 bits per heavy atom. The van der Waals surface area contributed by atoms with Crippen LogP contribution >= 0.6 is 0 Å². The molecule has 0 aliphatic carbocycles.